The van der Waals surface area contributed by atoms with Crippen molar-refractivity contribution in [3.05, 3.63) is 0 Å². The minimum atomic E-state index is -0.994. The molecule has 1 unspecified atom stereocenters. The molecule has 0 aromatic rings. The molecule has 0 bridgehead atoms. The van der Waals surface area contributed by atoms with Crippen LogP contribution in [0.2, 0.25) is 0 Å². The molecule has 134 valence electrons. The van der Waals surface area contributed by atoms with Gasteiger partial charge in [-0.25, -0.2) is 4.79 Å². The molecule has 0 saturated heterocycles. The monoisotopic (exact) mass is 354 g/mol. The second-order valence-corrected chi connectivity index (χ2v) is 6.44. The van der Waals surface area contributed by atoms with Crippen molar-refractivity contribution in [2.45, 2.75) is 110 Å². The Morgan fingerprint density at radius 1 is 0.826 bits per heavy atom. The van der Waals surface area contributed by atoms with Gasteiger partial charge in [-0.1, -0.05) is 90.4 Å². The summed E-state index contributed by atoms with van der Waals surface area (Å²) in [7, 11) is 0. The third-order valence-corrected chi connectivity index (χ3v) is 4.08. The molecule has 1 N–H and O–H groups in total. The van der Waals surface area contributed by atoms with Crippen molar-refractivity contribution >= 4 is 5.97 Å². The third kappa shape index (κ3) is 21.0. The number of esters is 1. The summed E-state index contributed by atoms with van der Waals surface area (Å²) in [5.41, 5.74) is 0. The fourth-order valence-electron chi connectivity index (χ4n) is 2.59. The number of unbranched alkanes of at least 4 members (excludes halogenated alkanes) is 13. The predicted octanol–water partition coefficient (Wildman–Crippen LogP) is 2.51. The van der Waals surface area contributed by atoms with Crippen molar-refractivity contribution in [3.8, 4) is 0 Å². The van der Waals surface area contributed by atoms with E-state index in [1.165, 1.54) is 84.0 Å². The van der Waals surface area contributed by atoms with Crippen LogP contribution in [0.1, 0.15) is 105 Å². The molecule has 0 spiro atoms. The van der Waals surface area contributed by atoms with Gasteiger partial charge in [-0.05, 0) is 13.3 Å². The number of ether oxygens (including phenoxy) is 1. The normalized spacial score (nSPS) is 11.8. The number of hydrogen-bond donors (Lipinski definition) is 1. The van der Waals surface area contributed by atoms with Gasteiger partial charge in [0.15, 0.2) is 0 Å². The first-order valence-electron chi connectivity index (χ1n) is 9.53. The molecule has 0 amide bonds. The van der Waals surface area contributed by atoms with Gasteiger partial charge in [0.2, 0.25) is 0 Å². The first-order valence-corrected chi connectivity index (χ1v) is 9.53. The third-order valence-electron chi connectivity index (χ3n) is 4.08. The van der Waals surface area contributed by atoms with Gasteiger partial charge in [-0.2, -0.15) is 0 Å². The van der Waals surface area contributed by atoms with Crippen LogP contribution in [-0.2, 0) is 9.53 Å². The SMILES string of the molecule is CCCCCCCCCCCCCCCCOC(=O)C(C)O.[H-].[K+]. The van der Waals surface area contributed by atoms with E-state index in [0.29, 0.717) is 6.61 Å². The van der Waals surface area contributed by atoms with Gasteiger partial charge >= 0.3 is 57.4 Å². The van der Waals surface area contributed by atoms with Crippen molar-refractivity contribution in [1.82, 2.24) is 0 Å². The Morgan fingerprint density at radius 2 is 1.17 bits per heavy atom. The molecule has 0 aliphatic rings. The van der Waals surface area contributed by atoms with Crippen LogP contribution in [0.3, 0.4) is 0 Å². The van der Waals surface area contributed by atoms with E-state index in [2.05, 4.69) is 6.92 Å². The van der Waals surface area contributed by atoms with Crippen LogP contribution in [0.4, 0.5) is 0 Å². The van der Waals surface area contributed by atoms with E-state index in [-0.39, 0.29) is 52.8 Å². The van der Waals surface area contributed by atoms with E-state index in [1.54, 1.807) is 0 Å². The summed E-state index contributed by atoms with van der Waals surface area (Å²) in [6, 6.07) is 0. The topological polar surface area (TPSA) is 46.5 Å². The number of rotatable bonds is 16. The van der Waals surface area contributed by atoms with E-state index in [4.69, 9.17) is 9.84 Å². The molecule has 1 atom stereocenters. The van der Waals surface area contributed by atoms with Crippen molar-refractivity contribution in [1.29, 1.82) is 0 Å². The van der Waals surface area contributed by atoms with E-state index < -0.39 is 12.1 Å². The molecule has 0 aromatic heterocycles. The van der Waals surface area contributed by atoms with Crippen LogP contribution in [0.5, 0.6) is 0 Å². The van der Waals surface area contributed by atoms with Gasteiger partial charge in [0.05, 0.1) is 6.61 Å². The van der Waals surface area contributed by atoms with E-state index >= 15 is 0 Å². The van der Waals surface area contributed by atoms with Crippen LogP contribution >= 0.6 is 0 Å². The summed E-state index contributed by atoms with van der Waals surface area (Å²) in [5.74, 6) is -0.505. The number of carbonyl (C=O) groups excluding carboxylic acids is 1. The average Bonchev–Trinajstić information content (AvgIpc) is 2.50. The molecular weight excluding hydrogens is 315 g/mol. The number of aliphatic hydroxyl groups excluding tert-OH is 1. The quantitative estimate of drug-likeness (QED) is 0.263. The van der Waals surface area contributed by atoms with Gasteiger partial charge in [-0.15, -0.1) is 0 Å². The van der Waals surface area contributed by atoms with Crippen LogP contribution in [0.15, 0.2) is 0 Å². The van der Waals surface area contributed by atoms with Crippen LogP contribution < -0.4 is 51.4 Å². The van der Waals surface area contributed by atoms with Crippen molar-refractivity contribution in [2.75, 3.05) is 6.61 Å². The predicted molar refractivity (Wildman–Crippen MR) is 94.1 cm³/mol. The zero-order valence-electron chi connectivity index (χ0n) is 16.9. The van der Waals surface area contributed by atoms with Gasteiger partial charge in [0.1, 0.15) is 6.10 Å². The Hall–Kier alpha value is 1.07. The zero-order chi connectivity index (χ0) is 16.5. The molecule has 0 fully saturated rings. The molecule has 4 heteroatoms. The largest absolute Gasteiger partial charge is 1.00 e. The van der Waals surface area contributed by atoms with Crippen molar-refractivity contribution < 1.29 is 67.4 Å². The molecular formula is C19H39KO3. The number of carbonyl (C=O) groups is 1. The fraction of sp³-hybridized carbons (Fsp3) is 0.947. The molecule has 0 aliphatic heterocycles. The van der Waals surface area contributed by atoms with E-state index in [9.17, 15) is 4.79 Å². The zero-order valence-corrected chi connectivity index (χ0v) is 19.1. The second-order valence-electron chi connectivity index (χ2n) is 6.44. The molecule has 0 aromatic carbocycles. The Labute approximate surface area is 188 Å². The molecule has 0 rings (SSSR count). The molecule has 0 radical (unpaired) electrons. The maximum Gasteiger partial charge on any atom is 1.00 e. The summed E-state index contributed by atoms with van der Waals surface area (Å²) in [4.78, 5) is 11.0. The molecule has 0 aliphatic carbocycles. The molecule has 23 heavy (non-hydrogen) atoms. The molecule has 0 heterocycles. The van der Waals surface area contributed by atoms with Gasteiger partial charge < -0.3 is 11.3 Å². The molecule has 0 saturated carbocycles. The first-order chi connectivity index (χ1) is 10.7. The Morgan fingerprint density at radius 3 is 1.52 bits per heavy atom. The minimum Gasteiger partial charge on any atom is -1.00 e. The summed E-state index contributed by atoms with van der Waals surface area (Å²) in [5, 5.41) is 8.96. The maximum absolute atomic E-state index is 11.0. The van der Waals surface area contributed by atoms with E-state index in [0.717, 1.165) is 12.8 Å². The number of aliphatic hydroxyl groups is 1. The first kappa shape index (κ1) is 26.3. The van der Waals surface area contributed by atoms with Crippen molar-refractivity contribution in [3.63, 3.8) is 0 Å². The van der Waals surface area contributed by atoms with Crippen LogP contribution in [0, 0.1) is 0 Å². The van der Waals surface area contributed by atoms with Gasteiger partial charge in [0, 0.05) is 0 Å². The Balaban J connectivity index is -0.00000220. The average molecular weight is 355 g/mol. The van der Waals surface area contributed by atoms with E-state index in [1.807, 2.05) is 0 Å². The van der Waals surface area contributed by atoms with Crippen molar-refractivity contribution in [2.24, 2.45) is 0 Å². The summed E-state index contributed by atoms with van der Waals surface area (Å²) in [6.07, 6.45) is 17.5. The van der Waals surface area contributed by atoms with Crippen LogP contribution in [0.25, 0.3) is 0 Å². The fourth-order valence-corrected chi connectivity index (χ4v) is 2.59. The molecule has 3 nitrogen and oxygen atoms in total. The Kier molecular flexibility index (Phi) is 24.1. The van der Waals surface area contributed by atoms with Crippen LogP contribution in [-0.4, -0.2) is 23.8 Å². The standard InChI is InChI=1S/C19H38O3.K.H/c1-3-4-5-6-7-8-9-10-11-12-13-14-15-16-17-22-19(21)18(2)20;;/h18,20H,3-17H2,1-2H3;;/q;+1;-1. The maximum atomic E-state index is 11.0. The van der Waals surface area contributed by atoms with Gasteiger partial charge in [0.25, 0.3) is 0 Å². The summed E-state index contributed by atoms with van der Waals surface area (Å²) in [6.45, 7) is 4.15. The number of hydrogen-bond acceptors (Lipinski definition) is 3. The smallest absolute Gasteiger partial charge is 1.00 e. The summed E-state index contributed by atoms with van der Waals surface area (Å²) < 4.78 is 4.92. The van der Waals surface area contributed by atoms with Gasteiger partial charge in [-0.3, -0.25) is 0 Å². The minimum absolute atomic E-state index is 0. The Bertz CT molecular complexity index is 251. The summed E-state index contributed by atoms with van der Waals surface area (Å²) >= 11 is 0. The second kappa shape index (κ2) is 21.1.